The molecule has 9 heteroatoms. The number of benzene rings is 13. The lowest BCUT2D eigenvalue weighted by Gasteiger charge is -2.15. The van der Waals surface area contributed by atoms with E-state index in [1.54, 1.807) is 0 Å². The first-order valence-electron chi connectivity index (χ1n) is 31.5. The fraction of sp³-hybridized carbons (Fsp3) is 0. The van der Waals surface area contributed by atoms with Crippen molar-refractivity contribution in [3.8, 4) is 68.0 Å². The van der Waals surface area contributed by atoms with E-state index in [9.17, 15) is 0 Å². The molecule has 0 N–H and O–H groups in total. The first-order valence-corrected chi connectivity index (χ1v) is 31.5. The van der Waals surface area contributed by atoms with E-state index in [-0.39, 0.29) is 0 Å². The number of fused-ring (bicyclic) bond motifs is 13. The topological polar surface area (TPSA) is 55.0 Å². The van der Waals surface area contributed by atoms with Crippen LogP contribution in [0.1, 0.15) is 0 Å². The summed E-state index contributed by atoms with van der Waals surface area (Å²) in [5.41, 5.74) is 20.3. The van der Waals surface area contributed by atoms with Crippen molar-refractivity contribution < 1.29 is 9.30 Å². The molecule has 0 amide bonds. The Kier molecular flexibility index (Phi) is 11.8. The minimum absolute atomic E-state index is 0.439. The molecule has 0 saturated heterocycles. The number of hydrogen-bond donors (Lipinski definition) is 0. The van der Waals surface area contributed by atoms with Gasteiger partial charge >= 0.3 is 0 Å². The van der Waals surface area contributed by atoms with Crippen molar-refractivity contribution in [2.45, 2.75) is 0 Å². The van der Waals surface area contributed by atoms with Gasteiger partial charge in [-0.25, -0.2) is 9.83 Å². The molecule has 19 aromatic rings. The van der Waals surface area contributed by atoms with Crippen LogP contribution in [0.15, 0.2) is 316 Å². The predicted molar refractivity (Wildman–Crippen MR) is 382 cm³/mol. The second kappa shape index (κ2) is 21.0. The van der Waals surface area contributed by atoms with Gasteiger partial charge in [-0.1, -0.05) is 200 Å². The molecule has 94 heavy (non-hydrogen) atoms. The number of nitrogens with zero attached hydrogens (tertiary/aromatic N) is 8. The SMILES string of the molecule is [C-]#[N+]c1cc(Oc2ccc3c4cc(-c5cccc6c7ccccc7n(-c7ccccc7)c56)ccc4n(-c4ccc(-n5c6ccccc6c6cccc(-n7c8ccccc8c8ccccc87)c65)cn4)c3c2)cc(-n2[c-][n+](-c3ccccc3-c3ccccc3)c3ccccc32)c1. The molecule has 19 rings (SSSR count). The first-order chi connectivity index (χ1) is 46.6. The lowest BCUT2D eigenvalue weighted by molar-refractivity contribution is -0.571. The Morgan fingerprint density at radius 1 is 0.351 bits per heavy atom. The molecule has 0 saturated carbocycles. The number of imidazole rings is 1. The van der Waals surface area contributed by atoms with Crippen LogP contribution in [0.5, 0.6) is 11.5 Å². The van der Waals surface area contributed by atoms with Gasteiger partial charge < -0.3 is 18.4 Å². The minimum Gasteiger partial charge on any atom is -0.459 e. The Labute approximate surface area is 539 Å². The maximum absolute atomic E-state index is 8.38. The molecule has 0 unspecified atom stereocenters. The van der Waals surface area contributed by atoms with Crippen LogP contribution in [0.3, 0.4) is 0 Å². The van der Waals surface area contributed by atoms with E-state index >= 15 is 0 Å². The first kappa shape index (κ1) is 52.9. The van der Waals surface area contributed by atoms with Crippen LogP contribution >= 0.6 is 0 Å². The van der Waals surface area contributed by atoms with Gasteiger partial charge in [-0.2, -0.15) is 0 Å². The van der Waals surface area contributed by atoms with E-state index in [2.05, 4.69) is 301 Å². The van der Waals surface area contributed by atoms with Crippen LogP contribution in [-0.2, 0) is 0 Å². The monoisotopic (exact) mass is 1200 g/mol. The van der Waals surface area contributed by atoms with E-state index in [4.69, 9.17) is 16.3 Å². The van der Waals surface area contributed by atoms with Crippen LogP contribution in [0.2, 0.25) is 0 Å². The number of hydrogen-bond acceptors (Lipinski definition) is 2. The summed E-state index contributed by atoms with van der Waals surface area (Å²) in [6.07, 6.45) is 5.71. The summed E-state index contributed by atoms with van der Waals surface area (Å²) in [5, 5.41) is 9.24. The number of rotatable bonds is 10. The van der Waals surface area contributed by atoms with Crippen molar-refractivity contribution >= 4 is 104 Å². The number of para-hydroxylation sites is 10. The average Bonchev–Trinajstić information content (AvgIpc) is 1.59. The standard InChI is InChI=1S/C85H52N8O/c1-86-57-49-60(88-54-89(80-40-19-18-39-79(80)88)73-34-13-8-26-63(73)55-22-4-2-5-23-55)51-62(50-57)94-61-44-45-69-72-48-56(64-31-20-32-70-67-29-11-14-35-74(67)90(84(64)70)58-24-6-3-7-25-58)42-46-78(72)93(82(69)52-61)83-47-43-59(53-87-83)91-75-36-15-12-30-68(75)71-33-21-41-81(85(71)91)92-76-37-16-9-27-65(76)66-28-10-17-38-77(66)92/h2-53H. The zero-order chi connectivity index (χ0) is 62.0. The molecule has 0 aliphatic rings. The van der Waals surface area contributed by atoms with Crippen LogP contribution in [0.4, 0.5) is 5.69 Å². The van der Waals surface area contributed by atoms with E-state index < -0.39 is 0 Å². The van der Waals surface area contributed by atoms with Gasteiger partial charge in [-0.3, -0.25) is 13.7 Å². The third kappa shape index (κ3) is 8.13. The van der Waals surface area contributed by atoms with Gasteiger partial charge in [0.2, 0.25) is 0 Å². The van der Waals surface area contributed by atoms with Crippen LogP contribution in [-0.4, -0.2) is 27.8 Å². The Balaban J connectivity index is 0.782. The maximum atomic E-state index is 8.38. The number of aromatic nitrogens is 7. The van der Waals surface area contributed by atoms with Crippen LogP contribution < -0.4 is 9.30 Å². The Hall–Kier alpha value is -13.0. The second-order valence-electron chi connectivity index (χ2n) is 23.9. The zero-order valence-electron chi connectivity index (χ0n) is 50.5. The Bertz CT molecular complexity index is 6280. The van der Waals surface area contributed by atoms with Crippen LogP contribution in [0, 0.1) is 12.9 Å². The van der Waals surface area contributed by atoms with Crippen molar-refractivity contribution in [2.75, 3.05) is 0 Å². The quantitative estimate of drug-likeness (QED) is 0.101. The van der Waals surface area contributed by atoms with Crippen molar-refractivity contribution in [3.05, 3.63) is 333 Å². The third-order valence-corrected chi connectivity index (χ3v) is 18.8. The molecule has 6 aromatic heterocycles. The molecule has 13 aromatic carbocycles. The third-order valence-electron chi connectivity index (χ3n) is 18.8. The largest absolute Gasteiger partial charge is 0.459 e. The van der Waals surface area contributed by atoms with Gasteiger partial charge in [-0.15, -0.1) is 0 Å². The summed E-state index contributed by atoms with van der Waals surface area (Å²) in [4.78, 5) is 9.47. The molecule has 0 radical (unpaired) electrons. The Morgan fingerprint density at radius 3 is 1.64 bits per heavy atom. The molecular formula is C85H52N8O. The zero-order valence-corrected chi connectivity index (χ0v) is 50.5. The highest BCUT2D eigenvalue weighted by molar-refractivity contribution is 6.17. The number of pyridine rings is 1. The van der Waals surface area contributed by atoms with E-state index in [0.29, 0.717) is 17.2 Å². The lowest BCUT2D eigenvalue weighted by atomic mass is 10.00. The average molecular weight is 1200 g/mol. The molecular weight excluding hydrogens is 1150 g/mol. The summed E-state index contributed by atoms with van der Waals surface area (Å²) in [6.45, 7) is 8.38. The summed E-state index contributed by atoms with van der Waals surface area (Å²) in [7, 11) is 0. The Morgan fingerprint density at radius 2 is 0.926 bits per heavy atom. The molecule has 438 valence electrons. The van der Waals surface area contributed by atoms with Crippen molar-refractivity contribution in [1.29, 1.82) is 0 Å². The van der Waals surface area contributed by atoms with E-state index in [1.165, 1.54) is 21.5 Å². The molecule has 0 bridgehead atoms. The van der Waals surface area contributed by atoms with Gasteiger partial charge in [-0.05, 0) is 120 Å². The molecule has 0 aliphatic heterocycles. The minimum atomic E-state index is 0.439. The van der Waals surface area contributed by atoms with Gasteiger partial charge in [0.15, 0.2) is 5.69 Å². The summed E-state index contributed by atoms with van der Waals surface area (Å²) in [5.74, 6) is 1.87. The molecule has 0 fully saturated rings. The summed E-state index contributed by atoms with van der Waals surface area (Å²) in [6, 6.07) is 109. The summed E-state index contributed by atoms with van der Waals surface area (Å²) >= 11 is 0. The smallest absolute Gasteiger partial charge is 0.269 e. The lowest BCUT2D eigenvalue weighted by Crippen LogP contribution is -2.30. The fourth-order valence-electron chi connectivity index (χ4n) is 14.8. The highest BCUT2D eigenvalue weighted by atomic mass is 16.5. The predicted octanol–water partition coefficient (Wildman–Crippen LogP) is 21.2. The molecule has 6 heterocycles. The molecule has 9 nitrogen and oxygen atoms in total. The van der Waals surface area contributed by atoms with Gasteiger partial charge in [0, 0.05) is 60.4 Å². The molecule has 0 atom stereocenters. The highest BCUT2D eigenvalue weighted by Crippen LogP contribution is 2.44. The van der Waals surface area contributed by atoms with Gasteiger partial charge in [0.05, 0.1) is 90.7 Å². The van der Waals surface area contributed by atoms with E-state index in [0.717, 1.165) is 133 Å². The van der Waals surface area contributed by atoms with Gasteiger partial charge in [0.1, 0.15) is 17.3 Å². The second-order valence-corrected chi connectivity index (χ2v) is 23.9. The highest BCUT2D eigenvalue weighted by Gasteiger charge is 2.24. The van der Waals surface area contributed by atoms with Crippen molar-refractivity contribution in [1.82, 2.24) is 27.8 Å². The number of ether oxygens (including phenoxy) is 1. The molecule has 0 aliphatic carbocycles. The van der Waals surface area contributed by atoms with Crippen molar-refractivity contribution in [2.24, 2.45) is 0 Å². The van der Waals surface area contributed by atoms with Gasteiger partial charge in [0.25, 0.3) is 6.33 Å². The normalized spacial score (nSPS) is 11.8. The maximum Gasteiger partial charge on any atom is 0.269 e. The van der Waals surface area contributed by atoms with Crippen LogP contribution in [0.25, 0.3) is 160 Å². The van der Waals surface area contributed by atoms with E-state index in [1.807, 2.05) is 53.2 Å². The molecule has 0 spiro atoms. The van der Waals surface area contributed by atoms with Crippen molar-refractivity contribution in [3.63, 3.8) is 0 Å². The fourth-order valence-corrected chi connectivity index (χ4v) is 14.8. The summed E-state index contributed by atoms with van der Waals surface area (Å²) < 4.78 is 20.6.